The van der Waals surface area contributed by atoms with Gasteiger partial charge in [-0.15, -0.1) is 6.58 Å². The lowest BCUT2D eigenvalue weighted by molar-refractivity contribution is 0.0914. The molecule has 1 atom stereocenters. The highest BCUT2D eigenvalue weighted by Crippen LogP contribution is 2.36. The van der Waals surface area contributed by atoms with Crippen molar-refractivity contribution in [3.8, 4) is 0 Å². The molecule has 0 aliphatic rings. The molecule has 0 aromatic rings. The highest BCUT2D eigenvalue weighted by atomic mass is 28.4. The lowest BCUT2D eigenvalue weighted by Gasteiger charge is -2.36. The molecule has 0 radical (unpaired) electrons. The first-order valence-electron chi connectivity index (χ1n) is 6.13. The molecule has 1 N–H and O–H groups in total. The van der Waals surface area contributed by atoms with Gasteiger partial charge in [0.15, 0.2) is 8.32 Å². The highest BCUT2D eigenvalue weighted by molar-refractivity contribution is 6.74. The van der Waals surface area contributed by atoms with Gasteiger partial charge in [-0.1, -0.05) is 26.8 Å². The fraction of sp³-hybridized carbons (Fsp3) is 0.846. The molecule has 0 fully saturated rings. The lowest BCUT2D eigenvalue weighted by Crippen LogP contribution is -2.42. The molecule has 0 aliphatic carbocycles. The molecule has 0 rings (SSSR count). The summed E-state index contributed by atoms with van der Waals surface area (Å²) in [7, 11) is -1.70. The summed E-state index contributed by atoms with van der Waals surface area (Å²) in [5.74, 6) is 0. The van der Waals surface area contributed by atoms with Gasteiger partial charge in [-0.3, -0.25) is 0 Å². The second-order valence-electron chi connectivity index (χ2n) is 5.94. The van der Waals surface area contributed by atoms with Crippen LogP contribution in [0.2, 0.25) is 18.1 Å². The standard InChI is InChI=1S/C13H28O2Si/c1-7-8-9-10-12(14)11-15-16(5,6)13(2,3)4/h7,12,14H,1,8-11H2,2-6H3/t12-/m1/s1. The topological polar surface area (TPSA) is 29.5 Å². The monoisotopic (exact) mass is 244 g/mol. The number of aliphatic hydroxyl groups is 1. The fourth-order valence-corrected chi connectivity index (χ4v) is 2.14. The van der Waals surface area contributed by atoms with Crippen LogP contribution in [0, 0.1) is 0 Å². The van der Waals surface area contributed by atoms with Gasteiger partial charge in [-0.2, -0.15) is 0 Å². The first-order chi connectivity index (χ1) is 7.20. The number of hydrogen-bond acceptors (Lipinski definition) is 2. The first kappa shape index (κ1) is 15.9. The van der Waals surface area contributed by atoms with Crippen LogP contribution >= 0.6 is 0 Å². The van der Waals surface area contributed by atoms with E-state index >= 15 is 0 Å². The van der Waals surface area contributed by atoms with Gasteiger partial charge in [0.2, 0.25) is 0 Å². The third-order valence-electron chi connectivity index (χ3n) is 3.39. The minimum Gasteiger partial charge on any atom is -0.414 e. The quantitative estimate of drug-likeness (QED) is 0.420. The first-order valence-corrected chi connectivity index (χ1v) is 9.04. The second kappa shape index (κ2) is 6.57. The van der Waals surface area contributed by atoms with Crippen LogP contribution in [0.15, 0.2) is 12.7 Å². The van der Waals surface area contributed by atoms with Crippen LogP contribution < -0.4 is 0 Å². The Kier molecular flexibility index (Phi) is 6.52. The van der Waals surface area contributed by atoms with Crippen LogP contribution in [0.4, 0.5) is 0 Å². The van der Waals surface area contributed by atoms with E-state index in [-0.39, 0.29) is 11.1 Å². The Bertz CT molecular complexity index is 206. The third kappa shape index (κ3) is 5.82. The molecular weight excluding hydrogens is 216 g/mol. The Hall–Kier alpha value is -0.123. The van der Waals surface area contributed by atoms with Crippen molar-refractivity contribution in [2.24, 2.45) is 0 Å². The Morgan fingerprint density at radius 3 is 2.38 bits per heavy atom. The molecule has 0 aliphatic heterocycles. The molecule has 0 saturated carbocycles. The van der Waals surface area contributed by atoms with Crippen molar-refractivity contribution in [3.63, 3.8) is 0 Å². The molecule has 0 spiro atoms. The van der Waals surface area contributed by atoms with Gasteiger partial charge in [-0.25, -0.2) is 0 Å². The summed E-state index contributed by atoms with van der Waals surface area (Å²) >= 11 is 0. The number of hydrogen-bond donors (Lipinski definition) is 1. The van der Waals surface area contributed by atoms with Crippen molar-refractivity contribution in [1.29, 1.82) is 0 Å². The van der Waals surface area contributed by atoms with Crippen molar-refractivity contribution >= 4 is 8.32 Å². The van der Waals surface area contributed by atoms with E-state index in [9.17, 15) is 5.11 Å². The van der Waals surface area contributed by atoms with E-state index in [0.29, 0.717) is 6.61 Å². The molecule has 2 nitrogen and oxygen atoms in total. The summed E-state index contributed by atoms with van der Waals surface area (Å²) in [5.41, 5.74) is 0. The summed E-state index contributed by atoms with van der Waals surface area (Å²) in [6, 6.07) is 0. The summed E-state index contributed by atoms with van der Waals surface area (Å²) in [4.78, 5) is 0. The van der Waals surface area contributed by atoms with Gasteiger partial charge in [-0.05, 0) is 37.4 Å². The molecule has 3 heteroatoms. The van der Waals surface area contributed by atoms with E-state index in [4.69, 9.17) is 4.43 Å². The zero-order valence-corrected chi connectivity index (χ0v) is 12.5. The van der Waals surface area contributed by atoms with Crippen LogP contribution in [0.3, 0.4) is 0 Å². The van der Waals surface area contributed by atoms with E-state index in [0.717, 1.165) is 19.3 Å². The van der Waals surface area contributed by atoms with E-state index in [1.165, 1.54) is 0 Å². The zero-order chi connectivity index (χ0) is 12.8. The fourth-order valence-electron chi connectivity index (χ4n) is 1.10. The molecule has 0 aromatic heterocycles. The minimum atomic E-state index is -1.70. The van der Waals surface area contributed by atoms with Gasteiger partial charge in [0.1, 0.15) is 0 Å². The lowest BCUT2D eigenvalue weighted by atomic mass is 10.2. The van der Waals surface area contributed by atoms with Crippen molar-refractivity contribution in [2.45, 2.75) is 64.3 Å². The molecule has 0 heterocycles. The molecular formula is C13H28O2Si. The number of unbranched alkanes of at least 4 members (excludes halogenated alkanes) is 1. The molecule has 16 heavy (non-hydrogen) atoms. The average molecular weight is 244 g/mol. The van der Waals surface area contributed by atoms with Crippen molar-refractivity contribution in [1.82, 2.24) is 0 Å². The van der Waals surface area contributed by atoms with Crippen LogP contribution in [0.25, 0.3) is 0 Å². The summed E-state index contributed by atoms with van der Waals surface area (Å²) in [6.45, 7) is 15.2. The Morgan fingerprint density at radius 2 is 1.94 bits per heavy atom. The molecule has 0 bridgehead atoms. The van der Waals surface area contributed by atoms with Gasteiger partial charge in [0.05, 0.1) is 12.7 Å². The van der Waals surface area contributed by atoms with Crippen LogP contribution in [0.1, 0.15) is 40.0 Å². The molecule has 96 valence electrons. The Morgan fingerprint density at radius 1 is 1.38 bits per heavy atom. The van der Waals surface area contributed by atoms with Crippen LogP contribution in [0.5, 0.6) is 0 Å². The maximum absolute atomic E-state index is 9.77. The second-order valence-corrected chi connectivity index (χ2v) is 10.8. The van der Waals surface area contributed by atoms with Gasteiger partial charge in [0.25, 0.3) is 0 Å². The van der Waals surface area contributed by atoms with Gasteiger partial charge < -0.3 is 9.53 Å². The average Bonchev–Trinajstić information content (AvgIpc) is 2.13. The predicted octanol–water partition coefficient (Wildman–Crippen LogP) is 3.73. The molecule has 0 aromatic carbocycles. The van der Waals surface area contributed by atoms with Crippen LogP contribution in [-0.4, -0.2) is 26.1 Å². The Labute approximate surface area is 102 Å². The molecule has 0 saturated heterocycles. The molecule has 0 amide bonds. The SMILES string of the molecule is C=CCCC[C@@H](O)CO[Si](C)(C)C(C)(C)C. The molecule has 0 unspecified atom stereocenters. The largest absolute Gasteiger partial charge is 0.414 e. The van der Waals surface area contributed by atoms with Crippen molar-refractivity contribution in [3.05, 3.63) is 12.7 Å². The smallest absolute Gasteiger partial charge is 0.192 e. The summed E-state index contributed by atoms with van der Waals surface area (Å²) in [6.07, 6.45) is 4.33. The maximum atomic E-state index is 9.77. The minimum absolute atomic E-state index is 0.216. The van der Waals surface area contributed by atoms with Gasteiger partial charge >= 0.3 is 0 Å². The van der Waals surface area contributed by atoms with Crippen LogP contribution in [-0.2, 0) is 4.43 Å². The Balaban J connectivity index is 3.91. The summed E-state index contributed by atoms with van der Waals surface area (Å²) in [5, 5.41) is 9.98. The van der Waals surface area contributed by atoms with E-state index < -0.39 is 8.32 Å². The maximum Gasteiger partial charge on any atom is 0.192 e. The van der Waals surface area contributed by atoms with E-state index in [2.05, 4.69) is 40.4 Å². The van der Waals surface area contributed by atoms with Crippen molar-refractivity contribution < 1.29 is 9.53 Å². The predicted molar refractivity (Wildman–Crippen MR) is 73.2 cm³/mol. The number of aliphatic hydroxyl groups excluding tert-OH is 1. The van der Waals surface area contributed by atoms with E-state index in [1.807, 2.05) is 6.08 Å². The number of rotatable bonds is 7. The third-order valence-corrected chi connectivity index (χ3v) is 7.89. The summed E-state index contributed by atoms with van der Waals surface area (Å²) < 4.78 is 5.95. The highest BCUT2D eigenvalue weighted by Gasteiger charge is 2.37. The van der Waals surface area contributed by atoms with Gasteiger partial charge in [0, 0.05) is 0 Å². The normalized spacial score (nSPS) is 14.9. The van der Waals surface area contributed by atoms with Crippen molar-refractivity contribution in [2.75, 3.05) is 6.61 Å². The van der Waals surface area contributed by atoms with E-state index in [1.54, 1.807) is 0 Å². The zero-order valence-electron chi connectivity index (χ0n) is 11.5. The number of allylic oxidation sites excluding steroid dienone is 1.